The van der Waals surface area contributed by atoms with Crippen LogP contribution in [0.5, 0.6) is 0 Å². The van der Waals surface area contributed by atoms with Crippen molar-refractivity contribution in [3.05, 3.63) is 49.9 Å². The predicted octanol–water partition coefficient (Wildman–Crippen LogP) is 1.18. The average Bonchev–Trinajstić information content (AvgIpc) is 3.17. The Labute approximate surface area is 155 Å². The lowest BCUT2D eigenvalue weighted by molar-refractivity contribution is 0.189. The van der Waals surface area contributed by atoms with Crippen molar-refractivity contribution in [3.63, 3.8) is 0 Å². The highest BCUT2D eigenvalue weighted by Gasteiger charge is 2.25. The molecule has 4 aromatic rings. The van der Waals surface area contributed by atoms with Gasteiger partial charge in [0, 0.05) is 20.7 Å². The first-order valence-corrected chi connectivity index (χ1v) is 8.33. The van der Waals surface area contributed by atoms with Crippen molar-refractivity contribution >= 4 is 28.5 Å². The van der Waals surface area contributed by atoms with Gasteiger partial charge in [-0.2, -0.15) is 0 Å². The van der Waals surface area contributed by atoms with E-state index in [0.717, 1.165) is 0 Å². The summed E-state index contributed by atoms with van der Waals surface area (Å²) < 4.78 is 23.8. The number of nitrogens with zero attached hydrogens (tertiary/aromatic N) is 5. The third-order valence-corrected chi connectivity index (χ3v) is 4.66. The van der Waals surface area contributed by atoms with Crippen LogP contribution in [0.25, 0.3) is 28.3 Å². The van der Waals surface area contributed by atoms with Crippen LogP contribution in [0.4, 0.5) is 4.39 Å². The largest absolute Gasteiger partial charge is 0.383 e. The number of aryl methyl sites for hydroxylation is 1. The minimum absolute atomic E-state index is 0.0326. The maximum Gasteiger partial charge on any atom is 0.329 e. The fourth-order valence-electron chi connectivity index (χ4n) is 3.11. The van der Waals surface area contributed by atoms with E-state index < -0.39 is 17.1 Å². The Morgan fingerprint density at radius 1 is 1.30 bits per heavy atom. The number of rotatable bonds is 4. The monoisotopic (exact) mass is 392 g/mol. The molecule has 0 fully saturated rings. The van der Waals surface area contributed by atoms with Crippen molar-refractivity contribution in [2.45, 2.75) is 6.54 Å². The zero-order chi connectivity index (χ0) is 19.3. The van der Waals surface area contributed by atoms with Crippen LogP contribution in [0.3, 0.4) is 0 Å². The first kappa shape index (κ1) is 17.4. The fraction of sp³-hybridized carbons (Fsp3) is 0.250. The van der Waals surface area contributed by atoms with E-state index >= 15 is 0 Å². The molecule has 0 aliphatic carbocycles. The zero-order valence-electron chi connectivity index (χ0n) is 14.4. The summed E-state index contributed by atoms with van der Waals surface area (Å²) in [5.41, 5.74) is -0.732. The molecule has 11 heteroatoms. The normalized spacial score (nSPS) is 11.7. The molecular weight excluding hydrogens is 379 g/mol. The molecule has 0 spiro atoms. The number of halogens is 2. The van der Waals surface area contributed by atoms with E-state index in [2.05, 4.69) is 15.2 Å². The highest BCUT2D eigenvalue weighted by Crippen LogP contribution is 2.31. The molecule has 0 unspecified atom stereocenters. The van der Waals surface area contributed by atoms with Gasteiger partial charge in [0.15, 0.2) is 17.0 Å². The number of aromatic nitrogens is 6. The highest BCUT2D eigenvalue weighted by atomic mass is 35.5. The Morgan fingerprint density at radius 2 is 2.07 bits per heavy atom. The van der Waals surface area contributed by atoms with Crippen molar-refractivity contribution in [1.29, 1.82) is 0 Å². The Hall–Kier alpha value is -2.98. The van der Waals surface area contributed by atoms with Gasteiger partial charge < -0.3 is 9.30 Å². The number of nitrogens with one attached hydrogen (secondary N) is 1. The molecule has 1 aromatic carbocycles. The van der Waals surface area contributed by atoms with E-state index in [4.69, 9.17) is 16.3 Å². The lowest BCUT2D eigenvalue weighted by Gasteiger charge is -2.05. The van der Waals surface area contributed by atoms with Gasteiger partial charge in [-0.05, 0) is 12.1 Å². The molecule has 0 bridgehead atoms. The summed E-state index contributed by atoms with van der Waals surface area (Å²) in [6.45, 7) is 0.582. The zero-order valence-corrected chi connectivity index (χ0v) is 15.1. The number of benzene rings is 1. The Balaban J connectivity index is 2.21. The van der Waals surface area contributed by atoms with E-state index in [1.165, 1.54) is 41.3 Å². The van der Waals surface area contributed by atoms with Crippen LogP contribution in [-0.2, 0) is 18.3 Å². The smallest absolute Gasteiger partial charge is 0.329 e. The number of hydrogen-bond acceptors (Lipinski definition) is 5. The van der Waals surface area contributed by atoms with Crippen LogP contribution in [0.1, 0.15) is 0 Å². The number of hydrogen-bond donors (Lipinski definition) is 1. The van der Waals surface area contributed by atoms with Crippen LogP contribution in [0.15, 0.2) is 27.8 Å². The van der Waals surface area contributed by atoms with Gasteiger partial charge in [0.25, 0.3) is 5.56 Å². The molecule has 9 nitrogen and oxygen atoms in total. The molecule has 0 aliphatic heterocycles. The van der Waals surface area contributed by atoms with Gasteiger partial charge >= 0.3 is 5.69 Å². The predicted molar refractivity (Wildman–Crippen MR) is 96.6 cm³/mol. The summed E-state index contributed by atoms with van der Waals surface area (Å²) in [4.78, 5) is 26.9. The number of aromatic amines is 1. The maximum absolute atomic E-state index is 14.5. The van der Waals surface area contributed by atoms with Crippen molar-refractivity contribution in [2.24, 2.45) is 7.05 Å². The van der Waals surface area contributed by atoms with Gasteiger partial charge in [-0.25, -0.2) is 13.6 Å². The molecular formula is C16H14ClFN6O3. The molecule has 3 heterocycles. The van der Waals surface area contributed by atoms with Gasteiger partial charge in [0.2, 0.25) is 5.78 Å². The van der Waals surface area contributed by atoms with Crippen LogP contribution in [0, 0.1) is 5.82 Å². The molecule has 0 radical (unpaired) electrons. The maximum atomic E-state index is 14.5. The minimum atomic E-state index is -0.613. The lowest BCUT2D eigenvalue weighted by atomic mass is 10.2. The summed E-state index contributed by atoms with van der Waals surface area (Å²) in [5, 5.41) is 8.31. The van der Waals surface area contributed by atoms with E-state index in [1.54, 1.807) is 4.57 Å². The number of ether oxygens (including phenoxy) is 1. The van der Waals surface area contributed by atoms with Gasteiger partial charge in [-0.15, -0.1) is 10.2 Å². The summed E-state index contributed by atoms with van der Waals surface area (Å²) in [6, 6.07) is 4.25. The number of imidazole rings is 1. The van der Waals surface area contributed by atoms with E-state index in [0.29, 0.717) is 6.61 Å². The summed E-state index contributed by atoms with van der Waals surface area (Å²) in [6.07, 6.45) is 0. The number of fused-ring (bicyclic) bond motifs is 3. The molecule has 0 amide bonds. The Kier molecular flexibility index (Phi) is 4.08. The minimum Gasteiger partial charge on any atom is -0.383 e. The molecule has 27 heavy (non-hydrogen) atoms. The second-order valence-electron chi connectivity index (χ2n) is 5.89. The van der Waals surface area contributed by atoms with E-state index in [9.17, 15) is 14.0 Å². The number of H-pyrrole nitrogens is 1. The van der Waals surface area contributed by atoms with Crippen LogP contribution >= 0.6 is 11.6 Å². The summed E-state index contributed by atoms with van der Waals surface area (Å²) >= 11 is 6.18. The van der Waals surface area contributed by atoms with Crippen molar-refractivity contribution in [2.75, 3.05) is 13.7 Å². The molecule has 140 valence electrons. The lowest BCUT2D eigenvalue weighted by Crippen LogP contribution is -2.29. The summed E-state index contributed by atoms with van der Waals surface area (Å²) in [5.74, 6) is -0.234. The molecule has 1 N–H and O–H groups in total. The molecule has 0 aliphatic rings. The summed E-state index contributed by atoms with van der Waals surface area (Å²) in [7, 11) is 3.02. The highest BCUT2D eigenvalue weighted by molar-refractivity contribution is 6.33. The second kappa shape index (κ2) is 6.32. The van der Waals surface area contributed by atoms with Crippen molar-refractivity contribution in [1.82, 2.24) is 28.7 Å². The third-order valence-electron chi connectivity index (χ3n) is 4.34. The van der Waals surface area contributed by atoms with Gasteiger partial charge in [-0.3, -0.25) is 14.3 Å². The topological polar surface area (TPSA) is 99.2 Å². The SMILES string of the molecule is COCCn1c2c(=O)[nH]c(=O)n(C)c2n2c(-c3c(F)cccc3Cl)nnc12. The van der Waals surface area contributed by atoms with Crippen LogP contribution < -0.4 is 11.2 Å². The standard InChI is InChI=1S/C16H14ClFN6O3/c1-22-14-11(13(25)19-16(22)26)23(6-7-27-2)15-21-20-12(24(14)15)10-8(17)4-3-5-9(10)18/h3-5H,6-7H2,1-2H3,(H,19,25,26). The van der Waals surface area contributed by atoms with Gasteiger partial charge in [0.05, 0.1) is 17.2 Å². The quantitative estimate of drug-likeness (QED) is 0.562. The van der Waals surface area contributed by atoms with Crippen LogP contribution in [0.2, 0.25) is 5.02 Å². The van der Waals surface area contributed by atoms with Crippen molar-refractivity contribution in [3.8, 4) is 11.4 Å². The van der Waals surface area contributed by atoms with Crippen molar-refractivity contribution < 1.29 is 9.13 Å². The molecule has 0 saturated heterocycles. The Bertz CT molecular complexity index is 1280. The molecule has 0 saturated carbocycles. The van der Waals surface area contributed by atoms with Gasteiger partial charge in [-0.1, -0.05) is 17.7 Å². The van der Waals surface area contributed by atoms with Crippen LogP contribution in [-0.4, -0.2) is 42.4 Å². The molecule has 3 aromatic heterocycles. The second-order valence-corrected chi connectivity index (χ2v) is 6.30. The van der Waals surface area contributed by atoms with E-state index in [1.807, 2.05) is 0 Å². The van der Waals surface area contributed by atoms with Gasteiger partial charge in [0.1, 0.15) is 5.82 Å². The Morgan fingerprint density at radius 3 is 2.78 bits per heavy atom. The third kappa shape index (κ3) is 2.48. The molecule has 4 rings (SSSR count). The van der Waals surface area contributed by atoms with E-state index in [-0.39, 0.29) is 39.9 Å². The first-order chi connectivity index (χ1) is 13.0. The molecule has 0 atom stereocenters. The number of methoxy groups -OCH3 is 1. The average molecular weight is 393 g/mol. The fourth-order valence-corrected chi connectivity index (χ4v) is 3.36. The first-order valence-electron chi connectivity index (χ1n) is 7.95.